The van der Waals surface area contributed by atoms with Crippen molar-refractivity contribution >= 4 is 23.2 Å². The van der Waals surface area contributed by atoms with E-state index in [4.69, 9.17) is 23.2 Å². The Hall–Kier alpha value is -0.240. The molecule has 0 amide bonds. The van der Waals surface area contributed by atoms with Gasteiger partial charge in [0.05, 0.1) is 0 Å². The molecular weight excluding hydrogens is 277 g/mol. The van der Waals surface area contributed by atoms with Gasteiger partial charge in [0, 0.05) is 22.6 Å². The van der Waals surface area contributed by atoms with E-state index in [9.17, 15) is 0 Å². The number of halogens is 2. The van der Waals surface area contributed by atoms with Gasteiger partial charge in [-0.3, -0.25) is 0 Å². The highest BCUT2D eigenvalue weighted by Gasteiger charge is 2.35. The van der Waals surface area contributed by atoms with Crippen LogP contribution in [0.1, 0.15) is 57.6 Å². The fraction of sp³-hybridized carbons (Fsp3) is 0.625. The lowest BCUT2D eigenvalue weighted by Gasteiger charge is -2.42. The highest BCUT2D eigenvalue weighted by Crippen LogP contribution is 2.43. The molecule has 0 radical (unpaired) electrons. The van der Waals surface area contributed by atoms with Crippen molar-refractivity contribution in [2.24, 2.45) is 5.41 Å². The first-order valence-electron chi connectivity index (χ1n) is 7.28. The molecule has 0 bridgehead atoms. The third kappa shape index (κ3) is 3.45. The summed E-state index contributed by atoms with van der Waals surface area (Å²) in [6, 6.07) is 6.13. The van der Waals surface area contributed by atoms with Gasteiger partial charge in [-0.25, -0.2) is 0 Å². The third-order valence-corrected chi connectivity index (χ3v) is 5.20. The lowest BCUT2D eigenvalue weighted by atomic mass is 9.67. The Morgan fingerprint density at radius 3 is 2.47 bits per heavy atom. The molecule has 1 saturated carbocycles. The largest absolute Gasteiger partial charge is 0.309 e. The average Bonchev–Trinajstić information content (AvgIpc) is 2.34. The molecule has 2 rings (SSSR count). The van der Waals surface area contributed by atoms with Crippen LogP contribution in [0.15, 0.2) is 18.2 Å². The Kier molecular flexibility index (Phi) is 5.16. The van der Waals surface area contributed by atoms with Crippen LogP contribution in [0.5, 0.6) is 0 Å². The van der Waals surface area contributed by atoms with Gasteiger partial charge in [0.25, 0.3) is 0 Å². The van der Waals surface area contributed by atoms with E-state index in [-0.39, 0.29) is 0 Å². The van der Waals surface area contributed by atoms with Crippen LogP contribution in [0.25, 0.3) is 0 Å². The maximum Gasteiger partial charge on any atom is 0.0468 e. The van der Waals surface area contributed by atoms with E-state index < -0.39 is 0 Å². The van der Waals surface area contributed by atoms with Crippen LogP contribution in [0.2, 0.25) is 10.0 Å². The summed E-state index contributed by atoms with van der Waals surface area (Å²) < 4.78 is 0. The second kappa shape index (κ2) is 6.47. The molecule has 1 atom stereocenters. The van der Waals surface area contributed by atoms with Crippen LogP contribution >= 0.6 is 23.2 Å². The fourth-order valence-corrected chi connectivity index (χ4v) is 3.47. The molecule has 19 heavy (non-hydrogen) atoms. The SMILES string of the molecule is CCC(NCC1(CC)CCC1)c1ccc(Cl)cc1Cl. The second-order valence-electron chi connectivity index (χ2n) is 5.71. The van der Waals surface area contributed by atoms with Gasteiger partial charge < -0.3 is 5.32 Å². The van der Waals surface area contributed by atoms with Crippen LogP contribution < -0.4 is 5.32 Å². The number of hydrogen-bond donors (Lipinski definition) is 1. The molecule has 0 spiro atoms. The lowest BCUT2D eigenvalue weighted by molar-refractivity contribution is 0.118. The molecule has 1 nitrogen and oxygen atoms in total. The summed E-state index contributed by atoms with van der Waals surface area (Å²) in [4.78, 5) is 0. The van der Waals surface area contributed by atoms with Gasteiger partial charge in [-0.15, -0.1) is 0 Å². The first kappa shape index (κ1) is 15.2. The van der Waals surface area contributed by atoms with Crippen molar-refractivity contribution in [1.29, 1.82) is 0 Å². The monoisotopic (exact) mass is 299 g/mol. The highest BCUT2D eigenvalue weighted by molar-refractivity contribution is 6.35. The number of hydrogen-bond acceptors (Lipinski definition) is 1. The van der Waals surface area contributed by atoms with E-state index >= 15 is 0 Å². The molecule has 0 saturated heterocycles. The van der Waals surface area contributed by atoms with Gasteiger partial charge >= 0.3 is 0 Å². The van der Waals surface area contributed by atoms with Crippen molar-refractivity contribution in [2.45, 2.75) is 52.0 Å². The molecule has 1 aliphatic rings. The Balaban J connectivity index is 2.03. The van der Waals surface area contributed by atoms with Crippen molar-refractivity contribution in [1.82, 2.24) is 5.32 Å². The Morgan fingerprint density at radius 2 is 2.00 bits per heavy atom. The van der Waals surface area contributed by atoms with Crippen LogP contribution in [0.3, 0.4) is 0 Å². The van der Waals surface area contributed by atoms with E-state index in [1.165, 1.54) is 31.2 Å². The van der Waals surface area contributed by atoms with Crippen molar-refractivity contribution < 1.29 is 0 Å². The normalized spacial score (nSPS) is 18.9. The predicted octanol–water partition coefficient (Wildman–Crippen LogP) is 5.61. The minimum absolute atomic E-state index is 0.328. The van der Waals surface area contributed by atoms with Crippen molar-refractivity contribution in [3.63, 3.8) is 0 Å². The minimum Gasteiger partial charge on any atom is -0.309 e. The molecule has 1 aromatic carbocycles. The molecule has 0 aromatic heterocycles. The smallest absolute Gasteiger partial charge is 0.0468 e. The quantitative estimate of drug-likeness (QED) is 0.719. The van der Waals surface area contributed by atoms with Gasteiger partial charge in [0.2, 0.25) is 0 Å². The van der Waals surface area contributed by atoms with Gasteiger partial charge in [0.1, 0.15) is 0 Å². The van der Waals surface area contributed by atoms with Crippen LogP contribution in [-0.4, -0.2) is 6.54 Å². The molecule has 106 valence electrons. The van der Waals surface area contributed by atoms with E-state index in [1.807, 2.05) is 18.2 Å². The summed E-state index contributed by atoms with van der Waals surface area (Å²) in [5.41, 5.74) is 1.70. The number of benzene rings is 1. The molecule has 0 aliphatic heterocycles. The second-order valence-corrected chi connectivity index (χ2v) is 6.56. The van der Waals surface area contributed by atoms with Gasteiger partial charge in [-0.05, 0) is 48.8 Å². The predicted molar refractivity (Wildman–Crippen MR) is 84.1 cm³/mol. The summed E-state index contributed by atoms with van der Waals surface area (Å²) in [7, 11) is 0. The van der Waals surface area contributed by atoms with Crippen molar-refractivity contribution in [3.8, 4) is 0 Å². The fourth-order valence-electron chi connectivity index (χ4n) is 2.93. The van der Waals surface area contributed by atoms with Crippen molar-refractivity contribution in [3.05, 3.63) is 33.8 Å². The molecule has 1 N–H and O–H groups in total. The highest BCUT2D eigenvalue weighted by atomic mass is 35.5. The molecule has 3 heteroatoms. The van der Waals surface area contributed by atoms with E-state index in [1.54, 1.807) is 0 Å². The molecule has 1 fully saturated rings. The van der Waals surface area contributed by atoms with Gasteiger partial charge in [0.15, 0.2) is 0 Å². The summed E-state index contributed by atoms with van der Waals surface area (Å²) in [6.07, 6.45) is 6.42. The van der Waals surface area contributed by atoms with Gasteiger partial charge in [-0.2, -0.15) is 0 Å². The first-order valence-corrected chi connectivity index (χ1v) is 8.04. The van der Waals surface area contributed by atoms with Crippen LogP contribution in [-0.2, 0) is 0 Å². The van der Waals surface area contributed by atoms with E-state index in [0.717, 1.165) is 18.0 Å². The maximum absolute atomic E-state index is 6.31. The van der Waals surface area contributed by atoms with Crippen LogP contribution in [0.4, 0.5) is 0 Å². The summed E-state index contributed by atoms with van der Waals surface area (Å²) in [5.74, 6) is 0. The Morgan fingerprint density at radius 1 is 1.26 bits per heavy atom. The minimum atomic E-state index is 0.328. The molecule has 1 aliphatic carbocycles. The zero-order valence-electron chi connectivity index (χ0n) is 11.8. The zero-order valence-corrected chi connectivity index (χ0v) is 13.3. The summed E-state index contributed by atoms with van der Waals surface area (Å²) >= 11 is 12.3. The third-order valence-electron chi connectivity index (χ3n) is 4.63. The zero-order chi connectivity index (χ0) is 13.9. The molecule has 1 aromatic rings. The standard InChI is InChI=1S/C16H23Cl2N/c1-3-15(13-7-6-12(17)10-14(13)18)19-11-16(4-2)8-5-9-16/h6-7,10,15,19H,3-5,8-9,11H2,1-2H3. The van der Waals surface area contributed by atoms with Crippen LogP contribution in [0, 0.1) is 5.41 Å². The Labute approximate surface area is 126 Å². The van der Waals surface area contributed by atoms with Gasteiger partial charge in [-0.1, -0.05) is 49.5 Å². The van der Waals surface area contributed by atoms with E-state index in [2.05, 4.69) is 19.2 Å². The Bertz CT molecular complexity index is 421. The first-order chi connectivity index (χ1) is 9.10. The molecule has 1 unspecified atom stereocenters. The number of nitrogens with one attached hydrogen (secondary N) is 1. The summed E-state index contributed by atoms with van der Waals surface area (Å²) in [6.45, 7) is 5.60. The average molecular weight is 300 g/mol. The number of rotatable bonds is 6. The van der Waals surface area contributed by atoms with E-state index in [0.29, 0.717) is 16.5 Å². The van der Waals surface area contributed by atoms with Crippen molar-refractivity contribution in [2.75, 3.05) is 6.54 Å². The molecular formula is C16H23Cl2N. The topological polar surface area (TPSA) is 12.0 Å². The summed E-state index contributed by atoms with van der Waals surface area (Å²) in [5, 5.41) is 5.18. The molecule has 0 heterocycles. The lowest BCUT2D eigenvalue weighted by Crippen LogP contribution is -2.40. The maximum atomic E-state index is 6.31.